The second kappa shape index (κ2) is 9.39. The number of ketones is 1. The zero-order chi connectivity index (χ0) is 20.0. The van der Waals surface area contributed by atoms with Crippen LogP contribution in [-0.4, -0.2) is 37.5 Å². The van der Waals surface area contributed by atoms with Crippen molar-refractivity contribution in [2.75, 3.05) is 25.7 Å². The highest BCUT2D eigenvalue weighted by Gasteiger charge is 2.47. The lowest BCUT2D eigenvalue weighted by Gasteiger charge is -2.34. The maximum absolute atomic E-state index is 12.9. The second-order valence-corrected chi connectivity index (χ2v) is 9.00. The van der Waals surface area contributed by atoms with Gasteiger partial charge in [-0.15, -0.1) is 23.5 Å². The van der Waals surface area contributed by atoms with Gasteiger partial charge in [0.1, 0.15) is 6.61 Å². The lowest BCUT2D eigenvalue weighted by atomic mass is 10.1. The van der Waals surface area contributed by atoms with Gasteiger partial charge >= 0.3 is 5.97 Å². The number of thioether (sulfide) groups is 2. The van der Waals surface area contributed by atoms with Crippen molar-refractivity contribution in [3.63, 3.8) is 0 Å². The van der Waals surface area contributed by atoms with E-state index >= 15 is 0 Å². The van der Waals surface area contributed by atoms with Crippen LogP contribution in [0.4, 0.5) is 0 Å². The molecule has 1 fully saturated rings. The van der Waals surface area contributed by atoms with Crippen LogP contribution >= 0.6 is 23.5 Å². The van der Waals surface area contributed by atoms with Crippen molar-refractivity contribution in [1.29, 1.82) is 0 Å². The number of carbonyl (C=O) groups excluding carboxylic acids is 2. The summed E-state index contributed by atoms with van der Waals surface area (Å²) in [5, 5.41) is 0. The molecule has 7 heteroatoms. The van der Waals surface area contributed by atoms with E-state index in [0.29, 0.717) is 23.7 Å². The number of rotatable bonds is 7. The molecule has 0 spiro atoms. The molecule has 0 radical (unpaired) electrons. The van der Waals surface area contributed by atoms with E-state index < -0.39 is 15.8 Å². The van der Waals surface area contributed by atoms with Gasteiger partial charge in [0.2, 0.25) is 0 Å². The number of hydrogen-bond acceptors (Lipinski definition) is 7. The summed E-state index contributed by atoms with van der Waals surface area (Å²) in [6.07, 6.45) is 0.987. The number of methoxy groups -OCH3 is 2. The molecule has 5 nitrogen and oxygen atoms in total. The SMILES string of the molecule is COC(=O)C(=O)C1(c2ccc(OCc3ccccc3)c(OC)c2)SCCCS1. The van der Waals surface area contributed by atoms with Gasteiger partial charge in [0.25, 0.3) is 5.78 Å². The third-order valence-electron chi connectivity index (χ3n) is 4.35. The zero-order valence-corrected chi connectivity index (χ0v) is 17.4. The van der Waals surface area contributed by atoms with Crippen molar-refractivity contribution >= 4 is 35.3 Å². The molecular formula is C21H22O5S2. The normalized spacial score (nSPS) is 15.5. The lowest BCUT2D eigenvalue weighted by molar-refractivity contribution is -0.151. The average molecular weight is 419 g/mol. The molecule has 2 aromatic rings. The van der Waals surface area contributed by atoms with Crippen LogP contribution < -0.4 is 9.47 Å². The topological polar surface area (TPSA) is 61.8 Å². The van der Waals surface area contributed by atoms with Crippen LogP contribution in [0.25, 0.3) is 0 Å². The Labute approximate surface area is 173 Å². The molecule has 148 valence electrons. The van der Waals surface area contributed by atoms with Crippen molar-refractivity contribution in [2.24, 2.45) is 0 Å². The Bertz CT molecular complexity index is 832. The minimum absolute atomic E-state index is 0.409. The van der Waals surface area contributed by atoms with Crippen molar-refractivity contribution in [3.05, 3.63) is 59.7 Å². The molecule has 1 heterocycles. The van der Waals surface area contributed by atoms with Crippen LogP contribution in [0.3, 0.4) is 0 Å². The van der Waals surface area contributed by atoms with Crippen LogP contribution in [0.15, 0.2) is 48.5 Å². The fourth-order valence-corrected chi connectivity index (χ4v) is 6.10. The monoisotopic (exact) mass is 418 g/mol. The Balaban J connectivity index is 1.89. The van der Waals surface area contributed by atoms with E-state index in [4.69, 9.17) is 14.2 Å². The fraction of sp³-hybridized carbons (Fsp3) is 0.333. The largest absolute Gasteiger partial charge is 0.493 e. The molecule has 28 heavy (non-hydrogen) atoms. The Morgan fingerprint density at radius 1 is 1.00 bits per heavy atom. The van der Waals surface area contributed by atoms with E-state index in [-0.39, 0.29) is 0 Å². The Kier molecular flexibility index (Phi) is 6.91. The predicted octanol–water partition coefficient (Wildman–Crippen LogP) is 4.04. The maximum Gasteiger partial charge on any atom is 0.377 e. The van der Waals surface area contributed by atoms with Crippen molar-refractivity contribution < 1.29 is 23.8 Å². The van der Waals surface area contributed by atoms with E-state index in [9.17, 15) is 9.59 Å². The summed E-state index contributed by atoms with van der Waals surface area (Å²) in [6, 6.07) is 15.2. The summed E-state index contributed by atoms with van der Waals surface area (Å²) in [7, 11) is 2.79. The average Bonchev–Trinajstić information content (AvgIpc) is 2.77. The first kappa shape index (κ1) is 20.6. The minimum Gasteiger partial charge on any atom is -0.493 e. The van der Waals surface area contributed by atoms with E-state index in [1.165, 1.54) is 30.6 Å². The Morgan fingerprint density at radius 3 is 2.36 bits per heavy atom. The number of hydrogen-bond donors (Lipinski definition) is 0. The number of ether oxygens (including phenoxy) is 3. The molecule has 0 bridgehead atoms. The van der Waals surface area contributed by atoms with Crippen LogP contribution in [-0.2, 0) is 25.0 Å². The summed E-state index contributed by atoms with van der Waals surface area (Å²) in [5.74, 6) is 1.32. The first-order chi connectivity index (χ1) is 13.6. The maximum atomic E-state index is 12.9. The van der Waals surface area contributed by atoms with Gasteiger partial charge < -0.3 is 14.2 Å². The van der Waals surface area contributed by atoms with Gasteiger partial charge in [-0.3, -0.25) is 4.79 Å². The van der Waals surface area contributed by atoms with Gasteiger partial charge in [-0.2, -0.15) is 0 Å². The molecule has 1 saturated heterocycles. The molecule has 2 aromatic carbocycles. The number of benzene rings is 2. The van der Waals surface area contributed by atoms with E-state index in [1.807, 2.05) is 36.4 Å². The van der Waals surface area contributed by atoms with E-state index in [0.717, 1.165) is 23.5 Å². The molecule has 0 atom stereocenters. The van der Waals surface area contributed by atoms with Gasteiger partial charge in [0, 0.05) is 0 Å². The fourth-order valence-electron chi connectivity index (χ4n) is 2.92. The minimum atomic E-state index is -1.02. The molecule has 1 aliphatic heterocycles. The third kappa shape index (κ3) is 4.31. The van der Waals surface area contributed by atoms with Gasteiger partial charge in [-0.25, -0.2) is 4.79 Å². The third-order valence-corrected chi connectivity index (χ3v) is 7.70. The summed E-state index contributed by atoms with van der Waals surface area (Å²) in [5.41, 5.74) is 1.76. The molecular weight excluding hydrogens is 396 g/mol. The van der Waals surface area contributed by atoms with Crippen molar-refractivity contribution in [2.45, 2.75) is 17.1 Å². The molecule has 0 saturated carbocycles. The molecule has 0 N–H and O–H groups in total. The molecule has 0 aliphatic carbocycles. The number of carbonyl (C=O) groups is 2. The van der Waals surface area contributed by atoms with E-state index in [2.05, 4.69) is 0 Å². The molecule has 0 amide bonds. The highest BCUT2D eigenvalue weighted by molar-refractivity contribution is 8.19. The summed E-state index contributed by atoms with van der Waals surface area (Å²) >= 11 is 2.93. The first-order valence-electron chi connectivity index (χ1n) is 8.86. The molecule has 0 unspecified atom stereocenters. The van der Waals surface area contributed by atoms with Crippen LogP contribution in [0.1, 0.15) is 17.5 Å². The lowest BCUT2D eigenvalue weighted by Crippen LogP contribution is -2.38. The summed E-state index contributed by atoms with van der Waals surface area (Å²) in [4.78, 5) is 24.9. The molecule has 0 aromatic heterocycles. The number of esters is 1. The van der Waals surface area contributed by atoms with Crippen LogP contribution in [0.2, 0.25) is 0 Å². The first-order valence-corrected chi connectivity index (χ1v) is 10.8. The Hall–Kier alpha value is -2.12. The van der Waals surface area contributed by atoms with Crippen LogP contribution in [0, 0.1) is 0 Å². The van der Waals surface area contributed by atoms with Crippen molar-refractivity contribution in [1.82, 2.24) is 0 Å². The highest BCUT2D eigenvalue weighted by Crippen LogP contribution is 2.52. The molecule has 1 aliphatic rings. The molecule has 3 rings (SSSR count). The second-order valence-electron chi connectivity index (χ2n) is 6.13. The smallest absolute Gasteiger partial charge is 0.377 e. The quantitative estimate of drug-likeness (QED) is 0.497. The Morgan fingerprint density at radius 2 is 1.71 bits per heavy atom. The van der Waals surface area contributed by atoms with Gasteiger partial charge in [-0.05, 0) is 41.2 Å². The summed E-state index contributed by atoms with van der Waals surface area (Å²) < 4.78 is 15.1. The zero-order valence-electron chi connectivity index (χ0n) is 15.8. The number of Topliss-reactive ketones (excluding diaryl/α,β-unsaturated/α-hetero) is 1. The highest BCUT2D eigenvalue weighted by atomic mass is 32.2. The van der Waals surface area contributed by atoms with Gasteiger partial charge in [0.15, 0.2) is 15.6 Å². The van der Waals surface area contributed by atoms with E-state index in [1.54, 1.807) is 19.2 Å². The predicted molar refractivity (Wildman–Crippen MR) is 112 cm³/mol. The van der Waals surface area contributed by atoms with Gasteiger partial charge in [-0.1, -0.05) is 36.4 Å². The van der Waals surface area contributed by atoms with Crippen LogP contribution in [0.5, 0.6) is 11.5 Å². The standard InChI is InChI=1S/C21H22O5S2/c1-24-18-13-16(9-10-17(18)26-14-15-7-4-3-5-8-15)21(19(22)20(23)25-2)27-11-6-12-28-21/h3-5,7-10,13H,6,11-12,14H2,1-2H3. The van der Waals surface area contributed by atoms with Gasteiger partial charge in [0.05, 0.1) is 14.2 Å². The van der Waals surface area contributed by atoms with Crippen molar-refractivity contribution in [3.8, 4) is 11.5 Å². The summed E-state index contributed by atoms with van der Waals surface area (Å²) in [6.45, 7) is 0.409.